The number of dihydropyridines is 1. The first-order valence-electron chi connectivity index (χ1n) is 10.1. The first kappa shape index (κ1) is 20.6. The van der Waals surface area contributed by atoms with E-state index in [9.17, 15) is 5.11 Å². The van der Waals surface area contributed by atoms with E-state index in [0.29, 0.717) is 23.1 Å². The molecule has 0 radical (unpaired) electrons. The number of hydrogen-bond donors (Lipinski definition) is 2. The molecular formula is C22H27Cl2N3O2. The molecule has 2 N–H and O–H groups in total. The SMILES string of the molecule is O[C@H](CN1CCC(Oc2ccc(Cl)c(Cl)c2)CC1)CN1C=CCC2=CC=CNC21. The standard InChI is InChI=1S/C22H27Cl2N3O2/c23-20-6-5-19(13-21(20)24)29-18-7-11-26(12-8-18)14-17(28)15-27-10-2-4-16-3-1-9-25-22(16)27/h1-3,5-6,9-10,13,17-18,22,25,28H,4,7-8,11-12,14-15H2/t17-,22?/m1/s1. The largest absolute Gasteiger partial charge is 0.490 e. The number of nitrogens with one attached hydrogen (secondary N) is 1. The molecule has 7 heteroatoms. The third kappa shape index (κ3) is 5.28. The van der Waals surface area contributed by atoms with Crippen LogP contribution in [0.15, 0.2) is 54.4 Å². The minimum atomic E-state index is -0.403. The average Bonchev–Trinajstić information content (AvgIpc) is 2.72. The molecule has 0 spiro atoms. The van der Waals surface area contributed by atoms with Crippen molar-refractivity contribution in [2.45, 2.75) is 37.6 Å². The van der Waals surface area contributed by atoms with Crippen molar-refractivity contribution in [3.8, 4) is 5.75 Å². The summed E-state index contributed by atoms with van der Waals surface area (Å²) in [5, 5.41) is 15.1. The van der Waals surface area contributed by atoms with E-state index in [1.165, 1.54) is 5.57 Å². The fraction of sp³-hybridized carbons (Fsp3) is 0.455. The van der Waals surface area contributed by atoms with Crippen LogP contribution in [0.4, 0.5) is 0 Å². The van der Waals surface area contributed by atoms with Crippen molar-refractivity contribution in [2.75, 3.05) is 26.2 Å². The maximum atomic E-state index is 10.7. The topological polar surface area (TPSA) is 48.0 Å². The van der Waals surface area contributed by atoms with Crippen molar-refractivity contribution in [3.05, 3.63) is 64.4 Å². The molecular weight excluding hydrogens is 409 g/mol. The van der Waals surface area contributed by atoms with Crippen LogP contribution in [0.25, 0.3) is 0 Å². The van der Waals surface area contributed by atoms with E-state index in [-0.39, 0.29) is 12.3 Å². The van der Waals surface area contributed by atoms with Crippen LogP contribution >= 0.6 is 23.2 Å². The van der Waals surface area contributed by atoms with Gasteiger partial charge in [-0.1, -0.05) is 35.4 Å². The molecule has 4 rings (SSSR count). The zero-order valence-electron chi connectivity index (χ0n) is 16.3. The van der Waals surface area contributed by atoms with Crippen LogP contribution in [0.2, 0.25) is 10.0 Å². The first-order valence-corrected chi connectivity index (χ1v) is 10.9. The fourth-order valence-corrected chi connectivity index (χ4v) is 4.42. The van der Waals surface area contributed by atoms with Crippen molar-refractivity contribution in [3.63, 3.8) is 0 Å². The maximum Gasteiger partial charge on any atom is 0.121 e. The molecule has 0 saturated carbocycles. The first-order chi connectivity index (χ1) is 14.1. The van der Waals surface area contributed by atoms with Gasteiger partial charge in [0.25, 0.3) is 0 Å². The second-order valence-corrected chi connectivity index (χ2v) is 8.62. The Kier molecular flexibility index (Phi) is 6.70. The molecule has 3 heterocycles. The summed E-state index contributed by atoms with van der Waals surface area (Å²) >= 11 is 12.0. The van der Waals surface area contributed by atoms with E-state index < -0.39 is 6.10 Å². The highest BCUT2D eigenvalue weighted by molar-refractivity contribution is 6.42. The number of piperidine rings is 1. The van der Waals surface area contributed by atoms with E-state index in [4.69, 9.17) is 27.9 Å². The molecule has 1 aromatic carbocycles. The van der Waals surface area contributed by atoms with Crippen molar-refractivity contribution >= 4 is 23.2 Å². The number of ether oxygens (including phenoxy) is 1. The Bertz CT molecular complexity index is 803. The summed E-state index contributed by atoms with van der Waals surface area (Å²) in [6, 6.07) is 5.38. The number of likely N-dealkylation sites (tertiary alicyclic amines) is 1. The Hall–Kier alpha value is -1.66. The quantitative estimate of drug-likeness (QED) is 0.711. The number of aliphatic hydroxyl groups is 1. The van der Waals surface area contributed by atoms with Gasteiger partial charge in [0.05, 0.1) is 16.1 Å². The van der Waals surface area contributed by atoms with Gasteiger partial charge in [0.2, 0.25) is 0 Å². The predicted octanol–water partition coefficient (Wildman–Crippen LogP) is 3.79. The number of β-amino-alcohol motifs (C(OH)–C–C–N with tert-alkyl or cyclic N) is 1. The second kappa shape index (κ2) is 9.43. The summed E-state index contributed by atoms with van der Waals surface area (Å²) in [4.78, 5) is 4.50. The molecule has 0 bridgehead atoms. The summed E-state index contributed by atoms with van der Waals surface area (Å²) in [6.07, 6.45) is 13.1. The molecule has 2 atom stereocenters. The van der Waals surface area contributed by atoms with Crippen molar-refractivity contribution in [1.82, 2.24) is 15.1 Å². The zero-order chi connectivity index (χ0) is 20.2. The van der Waals surface area contributed by atoms with Crippen molar-refractivity contribution in [2.24, 2.45) is 0 Å². The Balaban J connectivity index is 1.22. The van der Waals surface area contributed by atoms with E-state index in [1.807, 2.05) is 18.3 Å². The third-order valence-electron chi connectivity index (χ3n) is 5.61. The lowest BCUT2D eigenvalue weighted by atomic mass is 10.0. The van der Waals surface area contributed by atoms with Gasteiger partial charge in [-0.2, -0.15) is 0 Å². The lowest BCUT2D eigenvalue weighted by Crippen LogP contribution is -2.50. The molecule has 0 aromatic heterocycles. The molecule has 3 aliphatic rings. The molecule has 0 amide bonds. The highest BCUT2D eigenvalue weighted by Gasteiger charge is 2.27. The summed E-state index contributed by atoms with van der Waals surface area (Å²) in [6.45, 7) is 3.10. The van der Waals surface area contributed by atoms with Crippen molar-refractivity contribution in [1.29, 1.82) is 0 Å². The number of nitrogens with zero attached hydrogens (tertiary/aromatic N) is 2. The maximum absolute atomic E-state index is 10.7. The molecule has 1 saturated heterocycles. The summed E-state index contributed by atoms with van der Waals surface area (Å²) in [5.74, 6) is 0.757. The van der Waals surface area contributed by atoms with Crippen LogP contribution in [0, 0.1) is 0 Å². The van der Waals surface area contributed by atoms with Gasteiger partial charge in [0, 0.05) is 32.2 Å². The van der Waals surface area contributed by atoms with Gasteiger partial charge in [-0.25, -0.2) is 0 Å². The van der Waals surface area contributed by atoms with Crippen LogP contribution in [-0.2, 0) is 0 Å². The monoisotopic (exact) mass is 435 g/mol. The van der Waals surface area contributed by atoms with Crippen LogP contribution in [0.5, 0.6) is 5.75 Å². The van der Waals surface area contributed by atoms with E-state index in [0.717, 1.165) is 38.1 Å². The number of halogens is 2. The van der Waals surface area contributed by atoms with Gasteiger partial charge in [-0.15, -0.1) is 0 Å². The normalized spacial score (nSPS) is 23.3. The molecule has 5 nitrogen and oxygen atoms in total. The molecule has 29 heavy (non-hydrogen) atoms. The molecule has 0 aliphatic carbocycles. The summed E-state index contributed by atoms with van der Waals surface area (Å²) in [5.41, 5.74) is 1.34. The smallest absolute Gasteiger partial charge is 0.121 e. The highest BCUT2D eigenvalue weighted by atomic mass is 35.5. The van der Waals surface area contributed by atoms with Crippen LogP contribution in [0.3, 0.4) is 0 Å². The van der Waals surface area contributed by atoms with Crippen LogP contribution < -0.4 is 10.1 Å². The average molecular weight is 436 g/mol. The number of benzene rings is 1. The molecule has 3 aliphatic heterocycles. The molecule has 156 valence electrons. The van der Waals surface area contributed by atoms with Gasteiger partial charge < -0.3 is 25.0 Å². The fourth-order valence-electron chi connectivity index (χ4n) is 4.13. The minimum absolute atomic E-state index is 0.157. The Morgan fingerprint density at radius 2 is 2.00 bits per heavy atom. The van der Waals surface area contributed by atoms with Gasteiger partial charge in [-0.05, 0) is 55.4 Å². The van der Waals surface area contributed by atoms with Crippen molar-refractivity contribution < 1.29 is 9.84 Å². The minimum Gasteiger partial charge on any atom is -0.490 e. The van der Waals surface area contributed by atoms with Gasteiger partial charge in [-0.3, -0.25) is 0 Å². The van der Waals surface area contributed by atoms with E-state index in [2.05, 4.69) is 33.5 Å². The Morgan fingerprint density at radius 1 is 1.17 bits per heavy atom. The second-order valence-electron chi connectivity index (χ2n) is 7.80. The van der Waals surface area contributed by atoms with Crippen LogP contribution in [-0.4, -0.2) is 59.5 Å². The van der Waals surface area contributed by atoms with Crippen LogP contribution in [0.1, 0.15) is 19.3 Å². The van der Waals surface area contributed by atoms with E-state index in [1.54, 1.807) is 12.1 Å². The number of rotatable bonds is 6. The number of hydrogen-bond acceptors (Lipinski definition) is 5. The Morgan fingerprint density at radius 3 is 2.79 bits per heavy atom. The molecule has 1 aromatic rings. The summed E-state index contributed by atoms with van der Waals surface area (Å²) in [7, 11) is 0. The highest BCUT2D eigenvalue weighted by Crippen LogP contribution is 2.28. The number of allylic oxidation sites excluding steroid dienone is 3. The lowest BCUT2D eigenvalue weighted by Gasteiger charge is -2.39. The van der Waals surface area contributed by atoms with Gasteiger partial charge in [0.1, 0.15) is 18.0 Å². The third-order valence-corrected chi connectivity index (χ3v) is 6.35. The Labute approximate surface area is 182 Å². The van der Waals surface area contributed by atoms with Gasteiger partial charge in [0.15, 0.2) is 0 Å². The number of fused-ring (bicyclic) bond motifs is 1. The molecule has 1 unspecified atom stereocenters. The van der Waals surface area contributed by atoms with E-state index >= 15 is 0 Å². The predicted molar refractivity (Wildman–Crippen MR) is 117 cm³/mol. The lowest BCUT2D eigenvalue weighted by molar-refractivity contribution is 0.0453. The van der Waals surface area contributed by atoms with Gasteiger partial charge >= 0.3 is 0 Å². The zero-order valence-corrected chi connectivity index (χ0v) is 17.8. The number of aliphatic hydroxyl groups excluding tert-OH is 1. The molecule has 1 fully saturated rings. The summed E-state index contributed by atoms with van der Waals surface area (Å²) < 4.78 is 6.05.